The van der Waals surface area contributed by atoms with Crippen LogP contribution in [0.25, 0.3) is 0 Å². The first-order valence-electron chi connectivity index (χ1n) is 6.65. The van der Waals surface area contributed by atoms with Crippen LogP contribution in [0.1, 0.15) is 36.0 Å². The number of methoxy groups -OCH3 is 1. The van der Waals surface area contributed by atoms with E-state index >= 15 is 0 Å². The molecule has 3 rings (SSSR count). The molecule has 5 heteroatoms. The van der Waals surface area contributed by atoms with E-state index in [9.17, 15) is 9.18 Å². The van der Waals surface area contributed by atoms with E-state index in [0.717, 1.165) is 31.9 Å². The molecule has 2 atom stereocenters. The van der Waals surface area contributed by atoms with Gasteiger partial charge in [0.05, 0.1) is 17.9 Å². The number of carbonyl (C=O) groups is 1. The average Bonchev–Trinajstić information content (AvgIpc) is 2.68. The predicted molar refractivity (Wildman–Crippen MR) is 67.2 cm³/mol. The number of nitrogens with zero attached hydrogens (tertiary/aromatic N) is 2. The highest BCUT2D eigenvalue weighted by Gasteiger charge is 2.43. The molecule has 19 heavy (non-hydrogen) atoms. The number of halogens is 1. The molecule has 0 radical (unpaired) electrons. The molecule has 1 amide bonds. The fourth-order valence-electron chi connectivity index (χ4n) is 3.33. The lowest BCUT2D eigenvalue weighted by molar-refractivity contribution is 0.00818. The Labute approximate surface area is 111 Å². The van der Waals surface area contributed by atoms with Crippen molar-refractivity contribution in [2.24, 2.45) is 0 Å². The van der Waals surface area contributed by atoms with Crippen LogP contribution < -0.4 is 0 Å². The van der Waals surface area contributed by atoms with Crippen molar-refractivity contribution >= 4 is 5.91 Å². The lowest BCUT2D eigenvalue weighted by Gasteiger charge is -2.38. The molecular weight excluding hydrogens is 247 g/mol. The van der Waals surface area contributed by atoms with Gasteiger partial charge in [-0.15, -0.1) is 0 Å². The van der Waals surface area contributed by atoms with Crippen molar-refractivity contribution in [2.75, 3.05) is 7.11 Å². The van der Waals surface area contributed by atoms with E-state index in [2.05, 4.69) is 4.98 Å². The van der Waals surface area contributed by atoms with Gasteiger partial charge in [0, 0.05) is 25.4 Å². The monoisotopic (exact) mass is 264 g/mol. The summed E-state index contributed by atoms with van der Waals surface area (Å²) < 4.78 is 18.6. The third-order valence-electron chi connectivity index (χ3n) is 4.21. The number of carbonyl (C=O) groups excluding carboxylic acids is 1. The van der Waals surface area contributed by atoms with Crippen molar-refractivity contribution < 1.29 is 13.9 Å². The van der Waals surface area contributed by atoms with Crippen molar-refractivity contribution in [3.8, 4) is 0 Å². The molecular formula is C14H17FN2O2. The van der Waals surface area contributed by atoms with Crippen LogP contribution in [0.3, 0.4) is 0 Å². The van der Waals surface area contributed by atoms with Gasteiger partial charge in [0.15, 0.2) is 0 Å². The Hall–Kier alpha value is -1.49. The number of piperidine rings is 1. The number of hydrogen-bond donors (Lipinski definition) is 0. The lowest BCUT2D eigenvalue weighted by atomic mass is 9.99. The standard InChI is InChI=1S/C14H17FN2O2/c1-19-13-5-11-2-3-12(6-13)17(11)14(18)9-4-10(15)8-16-7-9/h4,7-8,11-13H,2-3,5-6H2,1H3. The normalized spacial score (nSPS) is 29.6. The fraction of sp³-hybridized carbons (Fsp3) is 0.571. The molecule has 1 aromatic rings. The summed E-state index contributed by atoms with van der Waals surface area (Å²) in [4.78, 5) is 18.1. The molecule has 0 saturated carbocycles. The number of pyridine rings is 1. The van der Waals surface area contributed by atoms with Crippen LogP contribution in [-0.2, 0) is 4.74 Å². The third kappa shape index (κ3) is 2.23. The van der Waals surface area contributed by atoms with Gasteiger partial charge in [0.2, 0.25) is 0 Å². The Morgan fingerprint density at radius 2 is 2.05 bits per heavy atom. The van der Waals surface area contributed by atoms with Gasteiger partial charge in [-0.25, -0.2) is 4.39 Å². The molecule has 0 aromatic carbocycles. The lowest BCUT2D eigenvalue weighted by Crippen LogP contribution is -2.48. The van der Waals surface area contributed by atoms with Gasteiger partial charge < -0.3 is 9.64 Å². The molecule has 2 saturated heterocycles. The molecule has 2 fully saturated rings. The quantitative estimate of drug-likeness (QED) is 0.820. The Kier molecular flexibility index (Phi) is 3.22. The summed E-state index contributed by atoms with van der Waals surface area (Å²) in [6.07, 6.45) is 6.57. The van der Waals surface area contributed by atoms with Crippen LogP contribution in [0.2, 0.25) is 0 Å². The first-order valence-corrected chi connectivity index (χ1v) is 6.65. The van der Waals surface area contributed by atoms with Crippen molar-refractivity contribution in [1.29, 1.82) is 0 Å². The number of aromatic nitrogens is 1. The fourth-order valence-corrected chi connectivity index (χ4v) is 3.33. The Morgan fingerprint density at radius 1 is 1.37 bits per heavy atom. The van der Waals surface area contributed by atoms with Gasteiger partial charge in [0.25, 0.3) is 5.91 Å². The maximum Gasteiger partial charge on any atom is 0.256 e. The molecule has 102 valence electrons. The SMILES string of the molecule is COC1CC2CCC(C1)N2C(=O)c1cncc(F)c1. The molecule has 2 unspecified atom stereocenters. The minimum atomic E-state index is -0.468. The average molecular weight is 264 g/mol. The van der Waals surface area contributed by atoms with Crippen LogP contribution in [0.4, 0.5) is 4.39 Å². The van der Waals surface area contributed by atoms with E-state index in [-0.39, 0.29) is 24.1 Å². The second-order valence-electron chi connectivity index (χ2n) is 5.32. The zero-order valence-corrected chi connectivity index (χ0v) is 10.9. The van der Waals surface area contributed by atoms with Crippen molar-refractivity contribution in [3.05, 3.63) is 29.8 Å². The minimum absolute atomic E-state index is 0.103. The Morgan fingerprint density at radius 3 is 2.63 bits per heavy atom. The number of amides is 1. The zero-order valence-electron chi connectivity index (χ0n) is 10.9. The number of rotatable bonds is 2. The Bertz CT molecular complexity index is 480. The van der Waals surface area contributed by atoms with Crippen LogP contribution in [0, 0.1) is 5.82 Å². The summed E-state index contributed by atoms with van der Waals surface area (Å²) in [5, 5.41) is 0. The first-order chi connectivity index (χ1) is 9.19. The summed E-state index contributed by atoms with van der Waals surface area (Å²) in [6, 6.07) is 1.70. The van der Waals surface area contributed by atoms with E-state index in [1.165, 1.54) is 12.3 Å². The molecule has 3 heterocycles. The summed E-state index contributed by atoms with van der Waals surface area (Å²) >= 11 is 0. The summed E-state index contributed by atoms with van der Waals surface area (Å²) in [6.45, 7) is 0. The van der Waals surface area contributed by atoms with Gasteiger partial charge in [-0.3, -0.25) is 9.78 Å². The molecule has 0 aliphatic carbocycles. The van der Waals surface area contributed by atoms with Gasteiger partial charge in [-0.05, 0) is 31.7 Å². The number of fused-ring (bicyclic) bond motifs is 2. The predicted octanol–water partition coefficient (Wildman–Crippen LogP) is 2.00. The minimum Gasteiger partial charge on any atom is -0.381 e. The van der Waals surface area contributed by atoms with Gasteiger partial charge in [-0.2, -0.15) is 0 Å². The highest BCUT2D eigenvalue weighted by molar-refractivity contribution is 5.94. The molecule has 0 spiro atoms. The van der Waals surface area contributed by atoms with Crippen molar-refractivity contribution in [1.82, 2.24) is 9.88 Å². The van der Waals surface area contributed by atoms with E-state index < -0.39 is 5.82 Å². The molecule has 2 aliphatic heterocycles. The molecule has 0 N–H and O–H groups in total. The van der Waals surface area contributed by atoms with Crippen LogP contribution in [0.5, 0.6) is 0 Å². The summed E-state index contributed by atoms with van der Waals surface area (Å²) in [7, 11) is 1.72. The van der Waals surface area contributed by atoms with Crippen LogP contribution in [0.15, 0.2) is 18.5 Å². The zero-order chi connectivity index (χ0) is 13.4. The van der Waals surface area contributed by atoms with Crippen molar-refractivity contribution in [2.45, 2.75) is 43.9 Å². The number of hydrogen-bond acceptors (Lipinski definition) is 3. The van der Waals surface area contributed by atoms with Gasteiger partial charge >= 0.3 is 0 Å². The highest BCUT2D eigenvalue weighted by atomic mass is 19.1. The largest absolute Gasteiger partial charge is 0.381 e. The van der Waals surface area contributed by atoms with Gasteiger partial charge in [-0.1, -0.05) is 0 Å². The van der Waals surface area contributed by atoms with E-state index in [1.54, 1.807) is 7.11 Å². The summed E-state index contributed by atoms with van der Waals surface area (Å²) in [5.41, 5.74) is 0.341. The van der Waals surface area contributed by atoms with E-state index in [1.807, 2.05) is 4.90 Å². The maximum atomic E-state index is 13.2. The van der Waals surface area contributed by atoms with Crippen LogP contribution >= 0.6 is 0 Å². The smallest absolute Gasteiger partial charge is 0.256 e. The highest BCUT2D eigenvalue weighted by Crippen LogP contribution is 2.37. The molecule has 1 aromatic heterocycles. The first kappa shape index (κ1) is 12.5. The second kappa shape index (κ2) is 4.89. The maximum absolute atomic E-state index is 13.2. The molecule has 4 nitrogen and oxygen atoms in total. The second-order valence-corrected chi connectivity index (χ2v) is 5.32. The van der Waals surface area contributed by atoms with E-state index in [0.29, 0.717) is 5.56 Å². The van der Waals surface area contributed by atoms with Crippen LogP contribution in [-0.4, -0.2) is 41.1 Å². The van der Waals surface area contributed by atoms with E-state index in [4.69, 9.17) is 4.74 Å². The van der Waals surface area contributed by atoms with Crippen molar-refractivity contribution in [3.63, 3.8) is 0 Å². The van der Waals surface area contributed by atoms with Gasteiger partial charge in [0.1, 0.15) is 5.82 Å². The molecule has 2 bridgehead atoms. The topological polar surface area (TPSA) is 42.4 Å². The molecule has 2 aliphatic rings. The Balaban J connectivity index is 1.82. The third-order valence-corrected chi connectivity index (χ3v) is 4.21. The summed E-state index contributed by atoms with van der Waals surface area (Å²) in [5.74, 6) is -0.570. The number of ether oxygens (including phenoxy) is 1.